The zero-order chi connectivity index (χ0) is 13.7. The second-order valence-electron chi connectivity index (χ2n) is 4.96. The Labute approximate surface area is 114 Å². The number of aromatic nitrogens is 2. The van der Waals surface area contributed by atoms with E-state index in [1.165, 1.54) is 36.9 Å². The first kappa shape index (κ1) is 13.6. The fraction of sp³-hybridized carbons (Fsp3) is 0.467. The molecule has 1 heterocycles. The van der Waals surface area contributed by atoms with Gasteiger partial charge < -0.3 is 9.73 Å². The van der Waals surface area contributed by atoms with E-state index in [4.69, 9.17) is 4.42 Å². The van der Waals surface area contributed by atoms with Gasteiger partial charge in [0.25, 0.3) is 0 Å². The van der Waals surface area contributed by atoms with E-state index in [1.807, 2.05) is 6.07 Å². The van der Waals surface area contributed by atoms with Crippen molar-refractivity contribution in [2.45, 2.75) is 46.1 Å². The Balaban J connectivity index is 2.07. The number of rotatable bonds is 6. The molecular weight excluding hydrogens is 238 g/mol. The molecule has 1 aromatic heterocycles. The maximum atomic E-state index is 5.21. The molecule has 0 spiro atoms. The fourth-order valence-electron chi connectivity index (χ4n) is 2.11. The molecular formula is C15H21N3O. The molecule has 0 aliphatic rings. The molecule has 1 aromatic carbocycles. The Morgan fingerprint density at radius 3 is 2.84 bits per heavy atom. The van der Waals surface area contributed by atoms with Crippen molar-refractivity contribution in [1.29, 1.82) is 0 Å². The lowest BCUT2D eigenvalue weighted by Crippen LogP contribution is -2.15. The Kier molecular flexibility index (Phi) is 4.55. The molecule has 0 saturated heterocycles. The van der Waals surface area contributed by atoms with Crippen LogP contribution in [0.3, 0.4) is 0 Å². The van der Waals surface area contributed by atoms with E-state index < -0.39 is 0 Å². The molecule has 0 bridgehead atoms. The normalized spacial score (nSPS) is 12.4. The monoisotopic (exact) mass is 259 g/mol. The summed E-state index contributed by atoms with van der Waals surface area (Å²) in [6.45, 7) is 6.53. The third kappa shape index (κ3) is 3.56. The minimum atomic E-state index is 0.493. The summed E-state index contributed by atoms with van der Waals surface area (Å²) in [4.78, 5) is 0. The Morgan fingerprint density at radius 1 is 1.37 bits per heavy atom. The molecule has 4 heteroatoms. The predicted octanol–water partition coefficient (Wildman–Crippen LogP) is 4.04. The van der Waals surface area contributed by atoms with Crippen LogP contribution >= 0.6 is 0 Å². The highest BCUT2D eigenvalue weighted by molar-refractivity contribution is 5.62. The van der Waals surface area contributed by atoms with Crippen molar-refractivity contribution < 1.29 is 4.42 Å². The van der Waals surface area contributed by atoms with Crippen LogP contribution in [0.5, 0.6) is 0 Å². The van der Waals surface area contributed by atoms with Crippen molar-refractivity contribution in [3.05, 3.63) is 30.2 Å². The van der Waals surface area contributed by atoms with Crippen molar-refractivity contribution in [3.8, 4) is 11.5 Å². The summed E-state index contributed by atoms with van der Waals surface area (Å²) in [5.41, 5.74) is 3.33. The van der Waals surface area contributed by atoms with Gasteiger partial charge in [-0.3, -0.25) is 0 Å². The summed E-state index contributed by atoms with van der Waals surface area (Å²) >= 11 is 0. The van der Waals surface area contributed by atoms with Crippen molar-refractivity contribution in [2.75, 3.05) is 5.32 Å². The lowest BCUT2D eigenvalue weighted by molar-refractivity contribution is 0.568. The molecule has 4 nitrogen and oxygen atoms in total. The van der Waals surface area contributed by atoms with Crippen LogP contribution in [0.1, 0.15) is 38.7 Å². The van der Waals surface area contributed by atoms with Crippen LogP contribution in [0.2, 0.25) is 0 Å². The van der Waals surface area contributed by atoms with Gasteiger partial charge in [-0.05, 0) is 44.0 Å². The Hall–Kier alpha value is -1.84. The third-order valence-electron chi connectivity index (χ3n) is 3.23. The number of hydrogen-bond acceptors (Lipinski definition) is 4. The molecule has 0 amide bonds. The summed E-state index contributed by atoms with van der Waals surface area (Å²) in [6.07, 6.45) is 5.04. The second kappa shape index (κ2) is 6.36. The quantitative estimate of drug-likeness (QED) is 0.850. The van der Waals surface area contributed by atoms with Gasteiger partial charge in [-0.1, -0.05) is 19.8 Å². The van der Waals surface area contributed by atoms with Crippen LogP contribution in [0.4, 0.5) is 5.69 Å². The number of benzene rings is 1. The maximum Gasteiger partial charge on any atom is 0.247 e. The average molecular weight is 259 g/mol. The Morgan fingerprint density at radius 2 is 2.21 bits per heavy atom. The van der Waals surface area contributed by atoms with E-state index in [9.17, 15) is 0 Å². The Bertz CT molecular complexity index is 508. The van der Waals surface area contributed by atoms with Crippen molar-refractivity contribution in [2.24, 2.45) is 0 Å². The largest absolute Gasteiger partial charge is 0.423 e. The van der Waals surface area contributed by atoms with Crippen LogP contribution in [-0.4, -0.2) is 16.2 Å². The van der Waals surface area contributed by atoms with E-state index in [0.29, 0.717) is 11.9 Å². The summed E-state index contributed by atoms with van der Waals surface area (Å²) in [6, 6.07) is 6.66. The first-order valence-corrected chi connectivity index (χ1v) is 6.84. The molecule has 2 aromatic rings. The molecule has 1 unspecified atom stereocenters. The van der Waals surface area contributed by atoms with E-state index in [0.717, 1.165) is 5.56 Å². The molecule has 102 valence electrons. The average Bonchev–Trinajstić information content (AvgIpc) is 2.92. The van der Waals surface area contributed by atoms with Gasteiger partial charge >= 0.3 is 0 Å². The van der Waals surface area contributed by atoms with E-state index >= 15 is 0 Å². The molecule has 0 aliphatic carbocycles. The van der Waals surface area contributed by atoms with Crippen molar-refractivity contribution >= 4 is 5.69 Å². The number of nitrogens with zero attached hydrogens (tertiary/aromatic N) is 2. The third-order valence-corrected chi connectivity index (χ3v) is 3.23. The molecule has 1 atom stereocenters. The smallest absolute Gasteiger partial charge is 0.247 e. The van der Waals surface area contributed by atoms with Gasteiger partial charge in [0.15, 0.2) is 0 Å². The molecule has 0 aliphatic heterocycles. The molecule has 0 fully saturated rings. The van der Waals surface area contributed by atoms with Crippen LogP contribution in [-0.2, 0) is 0 Å². The highest BCUT2D eigenvalue weighted by atomic mass is 16.4. The first-order chi connectivity index (χ1) is 9.20. The van der Waals surface area contributed by atoms with Gasteiger partial charge in [-0.25, -0.2) is 0 Å². The van der Waals surface area contributed by atoms with E-state index in [1.54, 1.807) is 0 Å². The number of unbranched alkanes of at least 4 members (excludes halogenated alkanes) is 1. The predicted molar refractivity (Wildman–Crippen MR) is 77.1 cm³/mol. The van der Waals surface area contributed by atoms with E-state index in [2.05, 4.69) is 48.4 Å². The van der Waals surface area contributed by atoms with Crippen LogP contribution in [0.15, 0.2) is 29.0 Å². The van der Waals surface area contributed by atoms with Crippen LogP contribution in [0.25, 0.3) is 11.5 Å². The zero-order valence-electron chi connectivity index (χ0n) is 11.8. The molecule has 19 heavy (non-hydrogen) atoms. The summed E-state index contributed by atoms with van der Waals surface area (Å²) in [5.74, 6) is 0.564. The standard InChI is InChI=1S/C15H21N3O/c1-4-5-6-12(3)17-14-8-7-13(9-11(14)2)15-18-16-10-19-15/h7-10,12,17H,4-6H2,1-3H3. The van der Waals surface area contributed by atoms with Gasteiger partial charge in [0.1, 0.15) is 0 Å². The topological polar surface area (TPSA) is 51.0 Å². The van der Waals surface area contributed by atoms with Crippen molar-refractivity contribution in [3.63, 3.8) is 0 Å². The minimum absolute atomic E-state index is 0.493. The maximum absolute atomic E-state index is 5.21. The highest BCUT2D eigenvalue weighted by Crippen LogP contribution is 2.24. The van der Waals surface area contributed by atoms with Crippen LogP contribution < -0.4 is 5.32 Å². The number of aryl methyl sites for hydroxylation is 1. The first-order valence-electron chi connectivity index (χ1n) is 6.84. The molecule has 1 N–H and O–H groups in total. The van der Waals surface area contributed by atoms with Gasteiger partial charge in [0.2, 0.25) is 12.3 Å². The SMILES string of the molecule is CCCCC(C)Nc1ccc(-c2nnco2)cc1C. The summed E-state index contributed by atoms with van der Waals surface area (Å²) < 4.78 is 5.21. The van der Waals surface area contributed by atoms with Gasteiger partial charge in [0, 0.05) is 17.3 Å². The number of anilines is 1. The highest BCUT2D eigenvalue weighted by Gasteiger charge is 2.08. The lowest BCUT2D eigenvalue weighted by Gasteiger charge is -2.17. The molecule has 0 radical (unpaired) electrons. The molecule has 0 saturated carbocycles. The summed E-state index contributed by atoms with van der Waals surface area (Å²) in [7, 11) is 0. The molecule has 2 rings (SSSR count). The van der Waals surface area contributed by atoms with E-state index in [-0.39, 0.29) is 0 Å². The van der Waals surface area contributed by atoms with Crippen LogP contribution in [0, 0.1) is 6.92 Å². The summed E-state index contributed by atoms with van der Waals surface area (Å²) in [5, 5.41) is 11.2. The van der Waals surface area contributed by atoms with Gasteiger partial charge in [-0.15, -0.1) is 10.2 Å². The van der Waals surface area contributed by atoms with Gasteiger partial charge in [0.05, 0.1) is 0 Å². The second-order valence-corrected chi connectivity index (χ2v) is 4.96. The number of nitrogens with one attached hydrogen (secondary N) is 1. The number of hydrogen-bond donors (Lipinski definition) is 1. The minimum Gasteiger partial charge on any atom is -0.423 e. The fourth-order valence-corrected chi connectivity index (χ4v) is 2.11. The van der Waals surface area contributed by atoms with Gasteiger partial charge in [-0.2, -0.15) is 0 Å². The van der Waals surface area contributed by atoms with Crippen molar-refractivity contribution in [1.82, 2.24) is 10.2 Å². The lowest BCUT2D eigenvalue weighted by atomic mass is 10.1. The zero-order valence-corrected chi connectivity index (χ0v) is 11.8.